The van der Waals surface area contributed by atoms with Gasteiger partial charge in [-0.1, -0.05) is 12.1 Å². The van der Waals surface area contributed by atoms with Crippen molar-refractivity contribution < 1.29 is 14.3 Å². The molecule has 1 aromatic heterocycles. The SMILES string of the molecule is Cc1n[nH]c(C)c1NC(=O)CN1CCC(O)(c2ccc(F)cc2)CC1. The van der Waals surface area contributed by atoms with Crippen molar-refractivity contribution in [3.8, 4) is 0 Å². The van der Waals surface area contributed by atoms with Crippen LogP contribution in [0.15, 0.2) is 24.3 Å². The van der Waals surface area contributed by atoms with Crippen molar-refractivity contribution in [3.05, 3.63) is 47.0 Å². The fraction of sp³-hybridized carbons (Fsp3) is 0.444. The van der Waals surface area contributed by atoms with E-state index in [1.54, 1.807) is 12.1 Å². The molecule has 1 saturated heterocycles. The van der Waals surface area contributed by atoms with Gasteiger partial charge in [0.1, 0.15) is 5.82 Å². The molecule has 6 nitrogen and oxygen atoms in total. The van der Waals surface area contributed by atoms with Crippen molar-refractivity contribution in [1.29, 1.82) is 0 Å². The second-order valence-electron chi connectivity index (χ2n) is 6.67. The Labute approximate surface area is 146 Å². The summed E-state index contributed by atoms with van der Waals surface area (Å²) in [6, 6.07) is 5.98. The number of H-pyrrole nitrogens is 1. The Morgan fingerprint density at radius 3 is 2.52 bits per heavy atom. The van der Waals surface area contributed by atoms with Crippen LogP contribution < -0.4 is 5.32 Å². The molecule has 0 aliphatic carbocycles. The van der Waals surface area contributed by atoms with Crippen molar-refractivity contribution in [2.24, 2.45) is 0 Å². The average molecular weight is 346 g/mol. The highest BCUT2D eigenvalue weighted by atomic mass is 19.1. The van der Waals surface area contributed by atoms with E-state index < -0.39 is 5.60 Å². The molecule has 0 unspecified atom stereocenters. The number of piperidine rings is 1. The van der Waals surface area contributed by atoms with E-state index in [2.05, 4.69) is 15.5 Å². The zero-order chi connectivity index (χ0) is 18.0. The summed E-state index contributed by atoms with van der Waals surface area (Å²) in [4.78, 5) is 14.3. The van der Waals surface area contributed by atoms with Crippen molar-refractivity contribution >= 4 is 11.6 Å². The molecule has 1 aromatic carbocycles. The zero-order valence-corrected chi connectivity index (χ0v) is 14.5. The summed E-state index contributed by atoms with van der Waals surface area (Å²) in [6.45, 7) is 5.17. The second-order valence-corrected chi connectivity index (χ2v) is 6.67. The number of aliphatic hydroxyl groups is 1. The minimum Gasteiger partial charge on any atom is -0.385 e. The van der Waals surface area contributed by atoms with Crippen LogP contribution >= 0.6 is 0 Å². The number of rotatable bonds is 4. The van der Waals surface area contributed by atoms with Crippen LogP contribution in [-0.2, 0) is 10.4 Å². The highest BCUT2D eigenvalue weighted by molar-refractivity contribution is 5.93. The largest absolute Gasteiger partial charge is 0.385 e. The van der Waals surface area contributed by atoms with Crippen LogP contribution in [0.4, 0.5) is 10.1 Å². The number of hydrogen-bond donors (Lipinski definition) is 3. The molecule has 25 heavy (non-hydrogen) atoms. The van der Waals surface area contributed by atoms with Gasteiger partial charge in [0.2, 0.25) is 5.91 Å². The van der Waals surface area contributed by atoms with E-state index in [-0.39, 0.29) is 18.3 Å². The van der Waals surface area contributed by atoms with Crippen LogP contribution in [0.3, 0.4) is 0 Å². The summed E-state index contributed by atoms with van der Waals surface area (Å²) in [6.07, 6.45) is 1.02. The number of aromatic amines is 1. The van der Waals surface area contributed by atoms with Gasteiger partial charge in [-0.05, 0) is 44.4 Å². The van der Waals surface area contributed by atoms with Crippen LogP contribution in [0, 0.1) is 19.7 Å². The number of benzene rings is 1. The number of aryl methyl sites for hydroxylation is 2. The predicted molar refractivity (Wildman–Crippen MR) is 92.7 cm³/mol. The van der Waals surface area contributed by atoms with E-state index in [1.807, 2.05) is 18.7 Å². The first kappa shape index (κ1) is 17.6. The van der Waals surface area contributed by atoms with E-state index in [9.17, 15) is 14.3 Å². The van der Waals surface area contributed by atoms with Gasteiger partial charge in [0.15, 0.2) is 0 Å². The minimum absolute atomic E-state index is 0.0974. The minimum atomic E-state index is -0.960. The number of amides is 1. The Morgan fingerprint density at radius 1 is 1.32 bits per heavy atom. The quantitative estimate of drug-likeness (QED) is 0.792. The maximum atomic E-state index is 13.1. The molecule has 0 radical (unpaired) electrons. The molecule has 1 amide bonds. The fourth-order valence-electron chi connectivity index (χ4n) is 3.25. The number of hydrogen-bond acceptors (Lipinski definition) is 4. The highest BCUT2D eigenvalue weighted by Gasteiger charge is 2.34. The van der Waals surface area contributed by atoms with E-state index in [4.69, 9.17) is 0 Å². The number of nitrogens with one attached hydrogen (secondary N) is 2. The second kappa shape index (κ2) is 6.93. The molecular weight excluding hydrogens is 323 g/mol. The van der Waals surface area contributed by atoms with Gasteiger partial charge in [-0.25, -0.2) is 4.39 Å². The first-order valence-corrected chi connectivity index (χ1v) is 8.39. The summed E-state index contributed by atoms with van der Waals surface area (Å²) >= 11 is 0. The van der Waals surface area contributed by atoms with Gasteiger partial charge < -0.3 is 10.4 Å². The lowest BCUT2D eigenvalue weighted by molar-refractivity contribution is -0.118. The lowest BCUT2D eigenvalue weighted by atomic mass is 9.84. The molecule has 2 heterocycles. The number of nitrogens with zero attached hydrogens (tertiary/aromatic N) is 2. The van der Waals surface area contributed by atoms with Crippen LogP contribution in [0.25, 0.3) is 0 Å². The molecule has 1 aliphatic heterocycles. The van der Waals surface area contributed by atoms with Crippen molar-refractivity contribution in [2.45, 2.75) is 32.3 Å². The van der Waals surface area contributed by atoms with Gasteiger partial charge in [-0.15, -0.1) is 0 Å². The van der Waals surface area contributed by atoms with Gasteiger partial charge in [0, 0.05) is 13.1 Å². The lowest BCUT2D eigenvalue weighted by Gasteiger charge is -2.38. The molecule has 0 bridgehead atoms. The molecular formula is C18H23FN4O2. The monoisotopic (exact) mass is 346 g/mol. The smallest absolute Gasteiger partial charge is 0.238 e. The zero-order valence-electron chi connectivity index (χ0n) is 14.5. The molecule has 0 atom stereocenters. The molecule has 1 aliphatic rings. The van der Waals surface area contributed by atoms with Crippen molar-refractivity contribution in [1.82, 2.24) is 15.1 Å². The topological polar surface area (TPSA) is 81.2 Å². The van der Waals surface area contributed by atoms with E-state index >= 15 is 0 Å². The van der Waals surface area contributed by atoms with E-state index in [1.165, 1.54) is 12.1 Å². The number of halogens is 1. The molecule has 1 fully saturated rings. The normalized spacial score (nSPS) is 17.4. The Bertz CT molecular complexity index is 729. The third-order valence-corrected chi connectivity index (χ3v) is 4.82. The molecule has 0 saturated carbocycles. The summed E-state index contributed by atoms with van der Waals surface area (Å²) in [5.41, 5.74) is 2.08. The highest BCUT2D eigenvalue weighted by Crippen LogP contribution is 2.32. The summed E-state index contributed by atoms with van der Waals surface area (Å²) in [7, 11) is 0. The van der Waals surface area contributed by atoms with E-state index in [0.29, 0.717) is 25.9 Å². The summed E-state index contributed by atoms with van der Waals surface area (Å²) < 4.78 is 13.1. The Morgan fingerprint density at radius 2 is 1.96 bits per heavy atom. The molecule has 3 rings (SSSR count). The number of carbonyl (C=O) groups excluding carboxylic acids is 1. The average Bonchev–Trinajstić information content (AvgIpc) is 2.89. The Hall–Kier alpha value is -2.25. The van der Waals surface area contributed by atoms with Crippen LogP contribution in [0.1, 0.15) is 29.8 Å². The van der Waals surface area contributed by atoms with Crippen molar-refractivity contribution in [3.63, 3.8) is 0 Å². The predicted octanol–water partition coefficient (Wildman–Crippen LogP) is 2.09. The van der Waals surface area contributed by atoms with Crippen molar-refractivity contribution in [2.75, 3.05) is 25.0 Å². The summed E-state index contributed by atoms with van der Waals surface area (Å²) in [5, 5.41) is 20.6. The standard InChI is InChI=1S/C18H23FN4O2/c1-12-17(13(2)22-21-12)20-16(24)11-23-9-7-18(25,8-10-23)14-3-5-15(19)6-4-14/h3-6,25H,7-11H2,1-2H3,(H,20,24)(H,21,22). The third kappa shape index (κ3) is 3.88. The number of anilines is 1. The van der Waals surface area contributed by atoms with Crippen LogP contribution in [0.2, 0.25) is 0 Å². The lowest BCUT2D eigenvalue weighted by Crippen LogP contribution is -2.45. The number of carbonyl (C=O) groups is 1. The maximum absolute atomic E-state index is 13.1. The Balaban J connectivity index is 1.55. The molecule has 0 spiro atoms. The van der Waals surface area contributed by atoms with Gasteiger partial charge in [-0.2, -0.15) is 5.10 Å². The Kier molecular flexibility index (Phi) is 4.87. The summed E-state index contributed by atoms with van der Waals surface area (Å²) in [5.74, 6) is -0.411. The van der Waals surface area contributed by atoms with Crippen LogP contribution in [0.5, 0.6) is 0 Å². The van der Waals surface area contributed by atoms with Gasteiger partial charge in [-0.3, -0.25) is 14.8 Å². The molecule has 134 valence electrons. The van der Waals surface area contributed by atoms with E-state index in [0.717, 1.165) is 22.6 Å². The third-order valence-electron chi connectivity index (χ3n) is 4.82. The first-order valence-electron chi connectivity index (χ1n) is 8.39. The molecule has 2 aromatic rings. The fourth-order valence-corrected chi connectivity index (χ4v) is 3.25. The maximum Gasteiger partial charge on any atom is 0.238 e. The van der Waals surface area contributed by atoms with Crippen LogP contribution in [-0.4, -0.2) is 45.7 Å². The molecule has 3 N–H and O–H groups in total. The number of aromatic nitrogens is 2. The van der Waals surface area contributed by atoms with Gasteiger partial charge >= 0.3 is 0 Å². The molecule has 7 heteroatoms. The van der Waals surface area contributed by atoms with Gasteiger partial charge in [0.25, 0.3) is 0 Å². The number of likely N-dealkylation sites (tertiary alicyclic amines) is 1. The van der Waals surface area contributed by atoms with Gasteiger partial charge in [0.05, 0.1) is 29.2 Å². The first-order chi connectivity index (χ1) is 11.9.